The summed E-state index contributed by atoms with van der Waals surface area (Å²) in [5.41, 5.74) is 0.331. The van der Waals surface area contributed by atoms with Crippen molar-refractivity contribution < 1.29 is 17.9 Å². The van der Waals surface area contributed by atoms with E-state index in [4.69, 9.17) is 5.11 Å². The van der Waals surface area contributed by atoms with Crippen LogP contribution in [0.1, 0.15) is 5.56 Å². The Morgan fingerprint density at radius 1 is 1.50 bits per heavy atom. The Kier molecular flexibility index (Phi) is 3.20. The molecule has 6 heteroatoms. The van der Waals surface area contributed by atoms with E-state index in [0.29, 0.717) is 5.56 Å². The Bertz CT molecular complexity index is 430. The van der Waals surface area contributed by atoms with Gasteiger partial charge in [0.2, 0.25) is 10.0 Å². The fraction of sp³-hybridized carbons (Fsp3) is 0.250. The van der Waals surface area contributed by atoms with E-state index >= 15 is 0 Å². The zero-order chi connectivity index (χ0) is 10.8. The lowest BCUT2D eigenvalue weighted by molar-refractivity contribution is 0.281. The maximum absolute atomic E-state index is 13.2. The molecule has 0 aliphatic carbocycles. The molecule has 2 N–H and O–H groups in total. The van der Waals surface area contributed by atoms with Crippen LogP contribution in [0.15, 0.2) is 23.1 Å². The van der Waals surface area contributed by atoms with Gasteiger partial charge in [-0.1, -0.05) is 6.07 Å². The van der Waals surface area contributed by atoms with E-state index in [1.165, 1.54) is 13.1 Å². The number of benzene rings is 1. The van der Waals surface area contributed by atoms with Crippen molar-refractivity contribution in [3.05, 3.63) is 29.6 Å². The molecule has 0 heterocycles. The van der Waals surface area contributed by atoms with Crippen molar-refractivity contribution in [3.63, 3.8) is 0 Å². The van der Waals surface area contributed by atoms with Crippen LogP contribution in [0.2, 0.25) is 0 Å². The highest BCUT2D eigenvalue weighted by atomic mass is 32.2. The van der Waals surface area contributed by atoms with Crippen LogP contribution in [0.3, 0.4) is 0 Å². The Labute approximate surface area is 81.4 Å². The number of rotatable bonds is 3. The molecule has 0 saturated carbocycles. The molecule has 0 saturated heterocycles. The summed E-state index contributed by atoms with van der Waals surface area (Å²) in [6.07, 6.45) is 0. The molecule has 0 unspecified atom stereocenters. The molecular formula is C8H10FNO3S. The summed E-state index contributed by atoms with van der Waals surface area (Å²) in [7, 11) is -2.56. The lowest BCUT2D eigenvalue weighted by Gasteiger charge is -2.04. The fourth-order valence-corrected chi connectivity index (χ4v) is 1.75. The second-order valence-corrected chi connectivity index (χ2v) is 4.49. The highest BCUT2D eigenvalue weighted by molar-refractivity contribution is 7.89. The Balaban J connectivity index is 3.26. The molecule has 0 bridgehead atoms. The zero-order valence-electron chi connectivity index (χ0n) is 7.49. The molecule has 0 radical (unpaired) electrons. The van der Waals surface area contributed by atoms with Crippen LogP contribution in [0.4, 0.5) is 4.39 Å². The number of halogens is 1. The first kappa shape index (κ1) is 11.1. The van der Waals surface area contributed by atoms with E-state index in [2.05, 4.69) is 0 Å². The normalized spacial score (nSPS) is 11.6. The van der Waals surface area contributed by atoms with Gasteiger partial charge in [-0.25, -0.2) is 17.5 Å². The summed E-state index contributed by atoms with van der Waals surface area (Å²) in [5, 5.41) is 8.68. The Morgan fingerprint density at radius 2 is 2.14 bits per heavy atom. The van der Waals surface area contributed by atoms with Crippen molar-refractivity contribution in [2.45, 2.75) is 11.5 Å². The van der Waals surface area contributed by atoms with Crippen molar-refractivity contribution in [1.29, 1.82) is 0 Å². The third-order valence-electron chi connectivity index (χ3n) is 1.74. The van der Waals surface area contributed by atoms with Crippen LogP contribution >= 0.6 is 0 Å². The Hall–Kier alpha value is -0.980. The molecule has 0 amide bonds. The number of sulfonamides is 1. The Morgan fingerprint density at radius 3 is 2.57 bits per heavy atom. The molecule has 1 aromatic rings. The topological polar surface area (TPSA) is 66.4 Å². The number of hydrogen-bond acceptors (Lipinski definition) is 3. The summed E-state index contributed by atoms with van der Waals surface area (Å²) in [4.78, 5) is -0.419. The first-order valence-electron chi connectivity index (χ1n) is 3.84. The highest BCUT2D eigenvalue weighted by Gasteiger charge is 2.16. The van der Waals surface area contributed by atoms with Gasteiger partial charge in [0.15, 0.2) is 0 Å². The van der Waals surface area contributed by atoms with Crippen molar-refractivity contribution in [2.24, 2.45) is 0 Å². The van der Waals surface area contributed by atoms with Gasteiger partial charge in [-0.2, -0.15) is 0 Å². The molecule has 4 nitrogen and oxygen atoms in total. The minimum atomic E-state index is -3.76. The van der Waals surface area contributed by atoms with E-state index in [-0.39, 0.29) is 6.61 Å². The van der Waals surface area contributed by atoms with Gasteiger partial charge in [0, 0.05) is 0 Å². The van der Waals surface area contributed by atoms with Gasteiger partial charge in [-0.3, -0.25) is 0 Å². The summed E-state index contributed by atoms with van der Waals surface area (Å²) < 4.78 is 37.6. The molecular weight excluding hydrogens is 209 g/mol. The van der Waals surface area contributed by atoms with Crippen molar-refractivity contribution >= 4 is 10.0 Å². The number of aliphatic hydroxyl groups excluding tert-OH is 1. The van der Waals surface area contributed by atoms with Gasteiger partial charge in [-0.15, -0.1) is 0 Å². The molecule has 0 aromatic heterocycles. The number of aliphatic hydroxyl groups is 1. The second kappa shape index (κ2) is 4.04. The molecule has 1 aromatic carbocycles. The third-order valence-corrected chi connectivity index (χ3v) is 3.18. The van der Waals surface area contributed by atoms with Gasteiger partial charge >= 0.3 is 0 Å². The molecule has 1 rings (SSSR count). The average molecular weight is 219 g/mol. The minimum absolute atomic E-state index is 0.323. The SMILES string of the molecule is CNS(=O)(=O)c1ccc(CO)cc1F. The average Bonchev–Trinajstić information content (AvgIpc) is 2.17. The lowest BCUT2D eigenvalue weighted by atomic mass is 10.2. The van der Waals surface area contributed by atoms with Gasteiger partial charge in [0.05, 0.1) is 6.61 Å². The monoisotopic (exact) mass is 219 g/mol. The molecule has 14 heavy (non-hydrogen) atoms. The molecule has 0 spiro atoms. The van der Waals surface area contributed by atoms with Crippen LogP contribution < -0.4 is 4.72 Å². The van der Waals surface area contributed by atoms with Crippen molar-refractivity contribution in [2.75, 3.05) is 7.05 Å². The summed E-state index contributed by atoms with van der Waals surface area (Å²) in [6.45, 7) is -0.323. The van der Waals surface area contributed by atoms with Gasteiger partial charge in [-0.05, 0) is 24.7 Å². The van der Waals surface area contributed by atoms with E-state index in [9.17, 15) is 12.8 Å². The van der Waals surface area contributed by atoms with Gasteiger partial charge in [0.1, 0.15) is 10.7 Å². The van der Waals surface area contributed by atoms with Crippen molar-refractivity contribution in [3.8, 4) is 0 Å². The van der Waals surface area contributed by atoms with E-state index in [1.807, 2.05) is 4.72 Å². The molecule has 0 aliphatic rings. The zero-order valence-corrected chi connectivity index (χ0v) is 8.31. The van der Waals surface area contributed by atoms with E-state index < -0.39 is 20.7 Å². The smallest absolute Gasteiger partial charge is 0.243 e. The first-order valence-corrected chi connectivity index (χ1v) is 5.32. The molecule has 0 fully saturated rings. The van der Waals surface area contributed by atoms with Gasteiger partial charge < -0.3 is 5.11 Å². The van der Waals surface area contributed by atoms with Gasteiger partial charge in [0.25, 0.3) is 0 Å². The quantitative estimate of drug-likeness (QED) is 0.764. The maximum Gasteiger partial charge on any atom is 0.243 e. The summed E-state index contributed by atoms with van der Waals surface area (Å²) >= 11 is 0. The van der Waals surface area contributed by atoms with E-state index in [0.717, 1.165) is 12.1 Å². The standard InChI is InChI=1S/C8H10FNO3S/c1-10-14(12,13)8-3-2-6(5-11)4-7(8)9/h2-4,10-11H,5H2,1H3. The van der Waals surface area contributed by atoms with Crippen LogP contribution in [-0.2, 0) is 16.6 Å². The summed E-state index contributed by atoms with van der Waals surface area (Å²) in [5.74, 6) is -0.870. The van der Waals surface area contributed by atoms with Crippen LogP contribution in [0, 0.1) is 5.82 Å². The second-order valence-electron chi connectivity index (χ2n) is 2.63. The molecule has 78 valence electrons. The number of nitrogens with one attached hydrogen (secondary N) is 1. The predicted molar refractivity (Wildman–Crippen MR) is 48.6 cm³/mol. The molecule has 0 atom stereocenters. The van der Waals surface area contributed by atoms with Crippen molar-refractivity contribution in [1.82, 2.24) is 4.72 Å². The minimum Gasteiger partial charge on any atom is -0.392 e. The lowest BCUT2D eigenvalue weighted by Crippen LogP contribution is -2.19. The fourth-order valence-electron chi connectivity index (χ4n) is 0.971. The predicted octanol–water partition coefficient (Wildman–Crippen LogP) is 0.226. The summed E-state index contributed by atoms with van der Waals surface area (Å²) in [6, 6.07) is 3.46. The van der Waals surface area contributed by atoms with E-state index in [1.54, 1.807) is 0 Å². The maximum atomic E-state index is 13.2. The third kappa shape index (κ3) is 2.09. The van der Waals surface area contributed by atoms with Crippen LogP contribution in [0.5, 0.6) is 0 Å². The van der Waals surface area contributed by atoms with Crippen LogP contribution in [-0.4, -0.2) is 20.6 Å². The molecule has 0 aliphatic heterocycles. The largest absolute Gasteiger partial charge is 0.392 e. The number of hydrogen-bond donors (Lipinski definition) is 2. The van der Waals surface area contributed by atoms with Crippen LogP contribution in [0.25, 0.3) is 0 Å². The first-order chi connectivity index (χ1) is 6.51. The highest BCUT2D eigenvalue weighted by Crippen LogP contribution is 2.15.